The van der Waals surface area contributed by atoms with Gasteiger partial charge in [0.25, 0.3) is 0 Å². The van der Waals surface area contributed by atoms with Gasteiger partial charge in [-0.2, -0.15) is 0 Å². The van der Waals surface area contributed by atoms with Gasteiger partial charge in [-0.05, 0) is 55.3 Å². The van der Waals surface area contributed by atoms with Gasteiger partial charge in [-0.15, -0.1) is 0 Å². The summed E-state index contributed by atoms with van der Waals surface area (Å²) >= 11 is 3.46. The zero-order chi connectivity index (χ0) is 17.1. The van der Waals surface area contributed by atoms with Crippen LogP contribution in [0, 0.1) is 13.8 Å². The van der Waals surface area contributed by atoms with E-state index in [9.17, 15) is 4.79 Å². The fraction of sp³-hybridized carbons (Fsp3) is 0.316. The van der Waals surface area contributed by atoms with Crippen LogP contribution < -0.4 is 10.2 Å². The zero-order valence-corrected chi connectivity index (χ0v) is 15.6. The molecule has 0 bridgehead atoms. The molecule has 0 atom stereocenters. The van der Waals surface area contributed by atoms with Gasteiger partial charge in [0.15, 0.2) is 0 Å². The topological polar surface area (TPSA) is 35.6 Å². The Bertz CT molecular complexity index is 722. The van der Waals surface area contributed by atoms with E-state index in [1.165, 1.54) is 5.69 Å². The lowest BCUT2D eigenvalue weighted by Crippen LogP contribution is -2.50. The van der Waals surface area contributed by atoms with E-state index >= 15 is 0 Å². The van der Waals surface area contributed by atoms with Gasteiger partial charge in [-0.1, -0.05) is 28.1 Å². The highest BCUT2D eigenvalue weighted by Gasteiger charge is 2.21. The van der Waals surface area contributed by atoms with Crippen molar-refractivity contribution >= 4 is 33.3 Å². The molecule has 2 aromatic carbocycles. The van der Waals surface area contributed by atoms with Crippen LogP contribution in [-0.4, -0.2) is 37.1 Å². The quantitative estimate of drug-likeness (QED) is 0.827. The smallest absolute Gasteiger partial charge is 0.321 e. The van der Waals surface area contributed by atoms with Crippen molar-refractivity contribution in [1.29, 1.82) is 0 Å². The molecule has 1 heterocycles. The number of halogens is 1. The van der Waals surface area contributed by atoms with Crippen LogP contribution in [0.2, 0.25) is 0 Å². The van der Waals surface area contributed by atoms with Crippen LogP contribution in [0.4, 0.5) is 16.2 Å². The molecule has 4 nitrogen and oxygen atoms in total. The highest BCUT2D eigenvalue weighted by atomic mass is 79.9. The maximum atomic E-state index is 12.5. The number of piperazine rings is 1. The van der Waals surface area contributed by atoms with E-state index in [1.807, 2.05) is 30.9 Å². The number of amides is 2. The molecule has 2 aromatic rings. The Hall–Kier alpha value is -2.01. The second-order valence-electron chi connectivity index (χ2n) is 6.20. The SMILES string of the molecule is Cc1ccc(C)c(NC(=O)N2CCN(c3ccc(Br)cc3)CC2)c1. The third-order valence-electron chi connectivity index (χ3n) is 4.39. The molecular formula is C19H22BrN3O. The monoisotopic (exact) mass is 387 g/mol. The number of hydrogen-bond donors (Lipinski definition) is 1. The number of benzene rings is 2. The van der Waals surface area contributed by atoms with Gasteiger partial charge in [0.05, 0.1) is 0 Å². The van der Waals surface area contributed by atoms with E-state index in [1.54, 1.807) is 0 Å². The molecule has 126 valence electrons. The summed E-state index contributed by atoms with van der Waals surface area (Å²) in [6, 6.07) is 14.4. The number of aryl methyl sites for hydroxylation is 2. The Balaban J connectivity index is 1.59. The molecule has 1 N–H and O–H groups in total. The van der Waals surface area contributed by atoms with Crippen molar-refractivity contribution in [2.24, 2.45) is 0 Å². The molecule has 2 amide bonds. The van der Waals surface area contributed by atoms with Crippen molar-refractivity contribution in [3.05, 3.63) is 58.1 Å². The molecular weight excluding hydrogens is 366 g/mol. The second kappa shape index (κ2) is 7.26. The molecule has 0 unspecified atom stereocenters. The predicted octanol–water partition coefficient (Wildman–Crippen LogP) is 4.42. The van der Waals surface area contributed by atoms with Gasteiger partial charge in [-0.25, -0.2) is 4.79 Å². The number of urea groups is 1. The molecule has 1 aliphatic rings. The lowest BCUT2D eigenvalue weighted by Gasteiger charge is -2.36. The molecule has 0 aliphatic carbocycles. The zero-order valence-electron chi connectivity index (χ0n) is 14.1. The molecule has 0 saturated carbocycles. The summed E-state index contributed by atoms with van der Waals surface area (Å²) in [5.41, 5.74) is 4.33. The van der Waals surface area contributed by atoms with Crippen LogP contribution in [0.1, 0.15) is 11.1 Å². The van der Waals surface area contributed by atoms with Crippen molar-refractivity contribution in [3.8, 4) is 0 Å². The largest absolute Gasteiger partial charge is 0.368 e. The number of nitrogens with one attached hydrogen (secondary N) is 1. The number of rotatable bonds is 2. The highest BCUT2D eigenvalue weighted by molar-refractivity contribution is 9.10. The standard InChI is InChI=1S/C19H22BrN3O/c1-14-3-4-15(2)18(13-14)21-19(24)23-11-9-22(10-12-23)17-7-5-16(20)6-8-17/h3-8,13H,9-12H2,1-2H3,(H,21,24). The van der Waals surface area contributed by atoms with Crippen LogP contribution in [0.25, 0.3) is 0 Å². The fourth-order valence-electron chi connectivity index (χ4n) is 2.88. The average molecular weight is 388 g/mol. The molecule has 1 aliphatic heterocycles. The van der Waals surface area contributed by atoms with E-state index in [0.29, 0.717) is 0 Å². The first-order valence-electron chi connectivity index (χ1n) is 8.16. The van der Waals surface area contributed by atoms with Crippen LogP contribution in [0.3, 0.4) is 0 Å². The second-order valence-corrected chi connectivity index (χ2v) is 7.11. The van der Waals surface area contributed by atoms with Crippen LogP contribution >= 0.6 is 15.9 Å². The molecule has 5 heteroatoms. The van der Waals surface area contributed by atoms with Crippen LogP contribution in [0.15, 0.2) is 46.9 Å². The van der Waals surface area contributed by atoms with E-state index in [0.717, 1.165) is 47.5 Å². The van der Waals surface area contributed by atoms with Crippen LogP contribution in [-0.2, 0) is 0 Å². The normalized spacial score (nSPS) is 14.6. The third kappa shape index (κ3) is 3.90. The first kappa shape index (κ1) is 16.8. The lowest BCUT2D eigenvalue weighted by molar-refractivity contribution is 0.208. The molecule has 0 spiro atoms. The van der Waals surface area contributed by atoms with Gasteiger partial charge >= 0.3 is 6.03 Å². The minimum atomic E-state index is -0.0147. The first-order valence-corrected chi connectivity index (χ1v) is 8.96. The summed E-state index contributed by atoms with van der Waals surface area (Å²) < 4.78 is 1.08. The van der Waals surface area contributed by atoms with Crippen molar-refractivity contribution in [2.45, 2.75) is 13.8 Å². The van der Waals surface area contributed by atoms with Gasteiger partial charge in [0.2, 0.25) is 0 Å². The van der Waals surface area contributed by atoms with E-state index in [4.69, 9.17) is 0 Å². The molecule has 0 aromatic heterocycles. The summed E-state index contributed by atoms with van der Waals surface area (Å²) in [6.07, 6.45) is 0. The lowest BCUT2D eigenvalue weighted by atomic mass is 10.1. The fourth-order valence-corrected chi connectivity index (χ4v) is 3.15. The van der Waals surface area contributed by atoms with Crippen LogP contribution in [0.5, 0.6) is 0 Å². The average Bonchev–Trinajstić information content (AvgIpc) is 2.59. The van der Waals surface area contributed by atoms with Crippen molar-refractivity contribution in [2.75, 3.05) is 36.4 Å². The third-order valence-corrected chi connectivity index (χ3v) is 4.92. The summed E-state index contributed by atoms with van der Waals surface area (Å²) in [5.74, 6) is 0. The van der Waals surface area contributed by atoms with Crippen molar-refractivity contribution in [3.63, 3.8) is 0 Å². The van der Waals surface area contributed by atoms with Gasteiger partial charge in [-0.3, -0.25) is 0 Å². The number of hydrogen-bond acceptors (Lipinski definition) is 2. The minimum Gasteiger partial charge on any atom is -0.368 e. The summed E-state index contributed by atoms with van der Waals surface area (Å²) in [5, 5.41) is 3.05. The summed E-state index contributed by atoms with van der Waals surface area (Å²) in [6.45, 7) is 7.20. The van der Waals surface area contributed by atoms with Gasteiger partial charge in [0, 0.05) is 42.0 Å². The van der Waals surface area contributed by atoms with Gasteiger partial charge in [0.1, 0.15) is 0 Å². The molecule has 1 fully saturated rings. The Morgan fingerprint density at radius 3 is 2.33 bits per heavy atom. The van der Waals surface area contributed by atoms with E-state index < -0.39 is 0 Å². The van der Waals surface area contributed by atoms with E-state index in [-0.39, 0.29) is 6.03 Å². The highest BCUT2D eigenvalue weighted by Crippen LogP contribution is 2.21. The van der Waals surface area contributed by atoms with Crippen molar-refractivity contribution < 1.29 is 4.79 Å². The minimum absolute atomic E-state index is 0.0147. The van der Waals surface area contributed by atoms with E-state index in [2.05, 4.69) is 56.5 Å². The Kier molecular flexibility index (Phi) is 5.09. The molecule has 1 saturated heterocycles. The Morgan fingerprint density at radius 2 is 1.67 bits per heavy atom. The van der Waals surface area contributed by atoms with Gasteiger partial charge < -0.3 is 15.1 Å². The predicted molar refractivity (Wildman–Crippen MR) is 103 cm³/mol. The molecule has 0 radical (unpaired) electrons. The first-order chi connectivity index (χ1) is 11.5. The molecule has 24 heavy (non-hydrogen) atoms. The van der Waals surface area contributed by atoms with Crippen molar-refractivity contribution in [1.82, 2.24) is 4.90 Å². The number of carbonyl (C=O) groups is 1. The molecule has 3 rings (SSSR count). The number of carbonyl (C=O) groups excluding carboxylic acids is 1. The number of anilines is 2. The Morgan fingerprint density at radius 1 is 1.00 bits per heavy atom. The summed E-state index contributed by atoms with van der Waals surface area (Å²) in [4.78, 5) is 16.7. The summed E-state index contributed by atoms with van der Waals surface area (Å²) in [7, 11) is 0. The number of nitrogens with zero attached hydrogens (tertiary/aromatic N) is 2. The Labute approximate surface area is 151 Å². The maximum absolute atomic E-state index is 12.5. The maximum Gasteiger partial charge on any atom is 0.321 e.